The first-order valence-electron chi connectivity index (χ1n) is 7.28. The Kier molecular flexibility index (Phi) is 4.04. The first-order valence-corrected chi connectivity index (χ1v) is 7.28. The summed E-state index contributed by atoms with van der Waals surface area (Å²) in [4.78, 5) is 0. The molecule has 0 heterocycles. The summed E-state index contributed by atoms with van der Waals surface area (Å²) in [6.07, 6.45) is 0.862. The zero-order valence-electron chi connectivity index (χ0n) is 12.0. The highest BCUT2D eigenvalue weighted by Crippen LogP contribution is 2.34. The van der Waals surface area contributed by atoms with Gasteiger partial charge < -0.3 is 16.2 Å². The summed E-state index contributed by atoms with van der Waals surface area (Å²) in [5, 5.41) is 4.66. The molecule has 3 heteroatoms. The van der Waals surface area contributed by atoms with Gasteiger partial charge >= 0.3 is 0 Å². The molecule has 0 bridgehead atoms. The van der Waals surface area contributed by atoms with Crippen molar-refractivity contribution < 1.29 is 4.74 Å². The van der Waals surface area contributed by atoms with Crippen molar-refractivity contribution in [1.82, 2.24) is 0 Å². The molecular formula is C18H20N2O. The topological polar surface area (TPSA) is 61.3 Å². The molecule has 3 rings (SSSR count). The van der Waals surface area contributed by atoms with Crippen LogP contribution in [0.3, 0.4) is 0 Å². The fraction of sp³-hybridized carbons (Fsp3) is 0.222. The van der Waals surface area contributed by atoms with Gasteiger partial charge in [-0.05, 0) is 22.8 Å². The summed E-state index contributed by atoms with van der Waals surface area (Å²) in [5.41, 5.74) is 14.0. The van der Waals surface area contributed by atoms with Gasteiger partial charge in [-0.25, -0.2) is 0 Å². The zero-order chi connectivity index (χ0) is 14.7. The number of nitrogens with two attached hydrogens (primary N) is 2. The number of hydrogen-bond acceptors (Lipinski definition) is 3. The maximum absolute atomic E-state index is 6.35. The lowest BCUT2D eigenvalue weighted by Crippen LogP contribution is -2.10. The monoisotopic (exact) mass is 280 g/mol. The predicted octanol–water partition coefficient (Wildman–Crippen LogP) is 3.09. The van der Waals surface area contributed by atoms with E-state index in [0.717, 1.165) is 22.9 Å². The third-order valence-corrected chi connectivity index (χ3v) is 3.84. The molecule has 0 aliphatic carbocycles. The lowest BCUT2D eigenvalue weighted by atomic mass is 9.93. The Balaban J connectivity index is 2.15. The Bertz CT molecular complexity index is 711. The van der Waals surface area contributed by atoms with Crippen LogP contribution in [0.2, 0.25) is 0 Å². The average Bonchev–Trinajstić information content (AvgIpc) is 2.54. The summed E-state index contributed by atoms with van der Waals surface area (Å²) in [6.45, 7) is 1.84. The van der Waals surface area contributed by atoms with Crippen LogP contribution in [-0.4, -0.2) is 19.8 Å². The minimum absolute atomic E-state index is 0.559. The normalized spacial score (nSPS) is 11.3. The van der Waals surface area contributed by atoms with Gasteiger partial charge in [0, 0.05) is 23.0 Å². The van der Waals surface area contributed by atoms with E-state index >= 15 is 0 Å². The van der Waals surface area contributed by atoms with E-state index in [1.165, 1.54) is 16.3 Å². The second-order valence-corrected chi connectivity index (χ2v) is 5.13. The molecule has 108 valence electrons. The molecule has 0 spiro atoms. The van der Waals surface area contributed by atoms with Crippen LogP contribution in [0, 0.1) is 0 Å². The first kappa shape index (κ1) is 13.9. The standard InChI is InChI=1S/C18H20N2O/c19-10-12-21-11-9-15-13-5-1-3-7-16(13)18(20)17-8-4-2-6-14(15)17/h1-8H,9-12,19-20H2. The molecule has 3 aromatic rings. The fourth-order valence-corrected chi connectivity index (χ4v) is 2.88. The van der Waals surface area contributed by atoms with E-state index in [-0.39, 0.29) is 0 Å². The smallest absolute Gasteiger partial charge is 0.0588 e. The number of ether oxygens (including phenoxy) is 1. The summed E-state index contributed by atoms with van der Waals surface area (Å²) in [5.74, 6) is 0. The van der Waals surface area contributed by atoms with Gasteiger partial charge in [-0.1, -0.05) is 48.5 Å². The van der Waals surface area contributed by atoms with Crippen molar-refractivity contribution >= 4 is 27.2 Å². The molecule has 0 fully saturated rings. The van der Waals surface area contributed by atoms with Crippen molar-refractivity contribution in [3.8, 4) is 0 Å². The van der Waals surface area contributed by atoms with E-state index in [1.54, 1.807) is 0 Å². The van der Waals surface area contributed by atoms with Gasteiger partial charge in [0.1, 0.15) is 0 Å². The van der Waals surface area contributed by atoms with Crippen LogP contribution >= 0.6 is 0 Å². The SMILES string of the molecule is NCCOCCc1c2ccccc2c(N)c2ccccc12. The van der Waals surface area contributed by atoms with Crippen LogP contribution in [0.4, 0.5) is 5.69 Å². The third-order valence-electron chi connectivity index (χ3n) is 3.84. The average molecular weight is 280 g/mol. The number of fused-ring (bicyclic) bond motifs is 2. The number of nitrogen functional groups attached to an aromatic ring is 1. The molecule has 3 aromatic carbocycles. The molecule has 4 N–H and O–H groups in total. The Labute approximate surface area is 124 Å². The van der Waals surface area contributed by atoms with E-state index in [0.29, 0.717) is 19.8 Å². The second kappa shape index (κ2) is 6.12. The van der Waals surface area contributed by atoms with Gasteiger partial charge in [-0.2, -0.15) is 0 Å². The summed E-state index contributed by atoms with van der Waals surface area (Å²) in [7, 11) is 0. The summed E-state index contributed by atoms with van der Waals surface area (Å²) >= 11 is 0. The lowest BCUT2D eigenvalue weighted by Gasteiger charge is -2.14. The molecule has 21 heavy (non-hydrogen) atoms. The van der Waals surface area contributed by atoms with Crippen molar-refractivity contribution in [2.24, 2.45) is 5.73 Å². The van der Waals surface area contributed by atoms with Gasteiger partial charge in [0.2, 0.25) is 0 Å². The van der Waals surface area contributed by atoms with E-state index in [9.17, 15) is 0 Å². The van der Waals surface area contributed by atoms with Crippen molar-refractivity contribution in [2.75, 3.05) is 25.5 Å². The Morgan fingerprint density at radius 1 is 0.762 bits per heavy atom. The molecular weight excluding hydrogens is 260 g/mol. The molecule has 0 aromatic heterocycles. The minimum atomic E-state index is 0.559. The number of hydrogen-bond donors (Lipinski definition) is 2. The molecule has 3 nitrogen and oxygen atoms in total. The molecule has 0 aliphatic heterocycles. The number of anilines is 1. The van der Waals surface area contributed by atoms with E-state index < -0.39 is 0 Å². The molecule has 0 amide bonds. The van der Waals surface area contributed by atoms with Crippen LogP contribution in [0.5, 0.6) is 0 Å². The third kappa shape index (κ3) is 2.58. The Morgan fingerprint density at radius 3 is 1.81 bits per heavy atom. The maximum Gasteiger partial charge on any atom is 0.0588 e. The van der Waals surface area contributed by atoms with Gasteiger partial charge in [0.25, 0.3) is 0 Å². The molecule has 0 aliphatic rings. The van der Waals surface area contributed by atoms with E-state index in [1.807, 2.05) is 12.1 Å². The Hall–Kier alpha value is -2.10. The Morgan fingerprint density at radius 2 is 1.29 bits per heavy atom. The number of rotatable bonds is 5. The van der Waals surface area contributed by atoms with Gasteiger partial charge in [-0.15, -0.1) is 0 Å². The van der Waals surface area contributed by atoms with E-state index in [2.05, 4.69) is 36.4 Å². The molecule has 0 radical (unpaired) electrons. The highest BCUT2D eigenvalue weighted by Gasteiger charge is 2.11. The first-order chi connectivity index (χ1) is 10.3. The number of benzene rings is 3. The molecule has 0 saturated carbocycles. The van der Waals surface area contributed by atoms with Gasteiger partial charge in [-0.3, -0.25) is 0 Å². The quantitative estimate of drug-likeness (QED) is 0.429. The van der Waals surface area contributed by atoms with Crippen molar-refractivity contribution in [2.45, 2.75) is 6.42 Å². The highest BCUT2D eigenvalue weighted by atomic mass is 16.5. The largest absolute Gasteiger partial charge is 0.398 e. The van der Waals surface area contributed by atoms with Gasteiger partial charge in [0.05, 0.1) is 13.2 Å². The molecule has 0 atom stereocenters. The van der Waals surface area contributed by atoms with Crippen LogP contribution in [-0.2, 0) is 11.2 Å². The van der Waals surface area contributed by atoms with Crippen molar-refractivity contribution in [3.05, 3.63) is 54.1 Å². The summed E-state index contributed by atoms with van der Waals surface area (Å²) < 4.78 is 5.56. The van der Waals surface area contributed by atoms with Crippen LogP contribution in [0.15, 0.2) is 48.5 Å². The maximum atomic E-state index is 6.35. The van der Waals surface area contributed by atoms with Gasteiger partial charge in [0.15, 0.2) is 0 Å². The van der Waals surface area contributed by atoms with Crippen molar-refractivity contribution in [3.63, 3.8) is 0 Å². The van der Waals surface area contributed by atoms with Crippen LogP contribution < -0.4 is 11.5 Å². The highest BCUT2D eigenvalue weighted by molar-refractivity contribution is 6.12. The predicted molar refractivity (Wildman–Crippen MR) is 89.4 cm³/mol. The zero-order valence-corrected chi connectivity index (χ0v) is 12.0. The van der Waals surface area contributed by atoms with Crippen LogP contribution in [0.25, 0.3) is 21.5 Å². The van der Waals surface area contributed by atoms with Crippen molar-refractivity contribution in [1.29, 1.82) is 0 Å². The lowest BCUT2D eigenvalue weighted by molar-refractivity contribution is 0.145. The molecule has 0 saturated heterocycles. The summed E-state index contributed by atoms with van der Waals surface area (Å²) in [6, 6.07) is 16.6. The fourth-order valence-electron chi connectivity index (χ4n) is 2.88. The minimum Gasteiger partial charge on any atom is -0.398 e. The van der Waals surface area contributed by atoms with E-state index in [4.69, 9.17) is 16.2 Å². The second-order valence-electron chi connectivity index (χ2n) is 5.13. The molecule has 0 unspecified atom stereocenters. The van der Waals surface area contributed by atoms with Crippen LogP contribution in [0.1, 0.15) is 5.56 Å².